The summed E-state index contributed by atoms with van der Waals surface area (Å²) < 4.78 is 40.0. The fraction of sp³-hybridized carbons (Fsp3) is 0.286. The third-order valence-electron chi connectivity index (χ3n) is 3.44. The van der Waals surface area contributed by atoms with Crippen molar-refractivity contribution in [3.8, 4) is 0 Å². The summed E-state index contributed by atoms with van der Waals surface area (Å²) in [4.78, 5) is 2.91. The third-order valence-corrected chi connectivity index (χ3v) is 5.63. The van der Waals surface area contributed by atoms with Crippen molar-refractivity contribution < 1.29 is 12.8 Å². The van der Waals surface area contributed by atoms with Crippen LogP contribution in [0.25, 0.3) is 0 Å². The zero-order valence-electron chi connectivity index (χ0n) is 11.7. The van der Waals surface area contributed by atoms with Crippen molar-refractivity contribution in [3.63, 3.8) is 0 Å². The maximum atomic E-state index is 13.8. The maximum Gasteiger partial charge on any atom is 0.244 e. The summed E-state index contributed by atoms with van der Waals surface area (Å²) in [5.74, 6) is -0.232. The van der Waals surface area contributed by atoms with Crippen molar-refractivity contribution in [1.82, 2.24) is 9.29 Å². The van der Waals surface area contributed by atoms with Gasteiger partial charge in [-0.1, -0.05) is 18.2 Å². The number of nitrogens with zero attached hydrogens (tertiary/aromatic N) is 1. The van der Waals surface area contributed by atoms with E-state index in [-0.39, 0.29) is 10.8 Å². The van der Waals surface area contributed by atoms with Gasteiger partial charge in [-0.15, -0.1) is 11.6 Å². The summed E-state index contributed by atoms with van der Waals surface area (Å²) >= 11 is 5.66. The Morgan fingerprint density at radius 3 is 2.62 bits per heavy atom. The molecule has 0 spiro atoms. The van der Waals surface area contributed by atoms with Crippen molar-refractivity contribution in [3.05, 3.63) is 53.6 Å². The number of hydrogen-bond donors (Lipinski definition) is 1. The molecule has 1 heterocycles. The molecule has 0 aliphatic heterocycles. The summed E-state index contributed by atoms with van der Waals surface area (Å²) in [6.45, 7) is 1.64. The number of aromatic nitrogens is 1. The van der Waals surface area contributed by atoms with Crippen LogP contribution in [0.5, 0.6) is 0 Å². The maximum absolute atomic E-state index is 13.8. The zero-order chi connectivity index (χ0) is 15.6. The van der Waals surface area contributed by atoms with E-state index in [2.05, 4.69) is 4.98 Å². The number of alkyl halides is 1. The molecule has 1 atom stereocenters. The highest BCUT2D eigenvalue weighted by Crippen LogP contribution is 2.27. The van der Waals surface area contributed by atoms with Crippen molar-refractivity contribution in [2.24, 2.45) is 0 Å². The Bertz CT molecular complexity index is 730. The van der Waals surface area contributed by atoms with Crippen LogP contribution >= 0.6 is 11.6 Å². The van der Waals surface area contributed by atoms with Crippen LogP contribution in [0.15, 0.2) is 41.4 Å². The van der Waals surface area contributed by atoms with Crippen molar-refractivity contribution in [2.45, 2.75) is 23.7 Å². The first-order valence-electron chi connectivity index (χ1n) is 6.33. The van der Waals surface area contributed by atoms with Gasteiger partial charge in [0.15, 0.2) is 0 Å². The first kappa shape index (κ1) is 16.0. The van der Waals surface area contributed by atoms with Crippen molar-refractivity contribution in [1.29, 1.82) is 0 Å². The summed E-state index contributed by atoms with van der Waals surface area (Å²) in [6, 6.07) is 7.00. The molecule has 0 fully saturated rings. The highest BCUT2D eigenvalue weighted by Gasteiger charge is 2.28. The lowest BCUT2D eigenvalue weighted by Gasteiger charge is -2.24. The first-order valence-corrected chi connectivity index (χ1v) is 8.31. The van der Waals surface area contributed by atoms with E-state index in [1.165, 1.54) is 25.4 Å². The molecule has 0 bridgehead atoms. The molecule has 2 rings (SSSR count). The Morgan fingerprint density at radius 2 is 2.05 bits per heavy atom. The predicted molar refractivity (Wildman–Crippen MR) is 80.1 cm³/mol. The molecule has 0 aliphatic rings. The smallest absolute Gasteiger partial charge is 0.244 e. The van der Waals surface area contributed by atoms with Gasteiger partial charge in [-0.3, -0.25) is 0 Å². The quantitative estimate of drug-likeness (QED) is 0.855. The van der Waals surface area contributed by atoms with E-state index >= 15 is 0 Å². The molecule has 21 heavy (non-hydrogen) atoms. The van der Waals surface area contributed by atoms with Gasteiger partial charge in [-0.25, -0.2) is 12.8 Å². The Labute approximate surface area is 128 Å². The van der Waals surface area contributed by atoms with E-state index < -0.39 is 21.9 Å². The molecular formula is C14H16ClFN2O2S. The molecule has 1 unspecified atom stereocenters. The van der Waals surface area contributed by atoms with Gasteiger partial charge in [-0.05, 0) is 19.1 Å². The van der Waals surface area contributed by atoms with Crippen LogP contribution < -0.4 is 0 Å². The lowest BCUT2D eigenvalue weighted by molar-refractivity contribution is 0.387. The lowest BCUT2D eigenvalue weighted by atomic mass is 10.1. The van der Waals surface area contributed by atoms with Gasteiger partial charge in [0.1, 0.15) is 5.82 Å². The average molecular weight is 331 g/mol. The number of sulfonamides is 1. The van der Waals surface area contributed by atoms with E-state index in [9.17, 15) is 12.8 Å². The van der Waals surface area contributed by atoms with Crippen LogP contribution in [-0.4, -0.2) is 24.8 Å². The molecule has 1 aromatic carbocycles. The number of rotatable bonds is 5. The Balaban J connectivity index is 2.34. The summed E-state index contributed by atoms with van der Waals surface area (Å²) in [7, 11) is -2.29. The minimum absolute atomic E-state index is 0.115. The van der Waals surface area contributed by atoms with Crippen LogP contribution in [0, 0.1) is 5.82 Å². The van der Waals surface area contributed by atoms with Crippen LogP contribution in [0.2, 0.25) is 0 Å². The number of hydrogen-bond acceptors (Lipinski definition) is 2. The predicted octanol–water partition coefficient (Wildman–Crippen LogP) is 3.27. The standard InChI is InChI=1S/C14H16ClFN2O2S/c1-10(13-5-3-4-6-14(13)16)18(2)21(19,20)12-7-11(8-15)17-9-12/h3-7,9-10,17H,8H2,1-2H3. The molecule has 1 N–H and O–H groups in total. The monoisotopic (exact) mass is 330 g/mol. The second kappa shape index (κ2) is 6.17. The molecule has 4 nitrogen and oxygen atoms in total. The van der Waals surface area contributed by atoms with Crippen LogP contribution in [0.1, 0.15) is 24.2 Å². The van der Waals surface area contributed by atoms with Gasteiger partial charge < -0.3 is 4.98 Å². The molecule has 0 radical (unpaired) electrons. The normalized spacial score (nSPS) is 13.6. The Hall–Kier alpha value is -1.37. The second-order valence-corrected chi connectivity index (χ2v) is 6.98. The second-order valence-electron chi connectivity index (χ2n) is 4.71. The van der Waals surface area contributed by atoms with E-state index in [0.717, 1.165) is 4.31 Å². The van der Waals surface area contributed by atoms with E-state index in [1.54, 1.807) is 25.1 Å². The van der Waals surface area contributed by atoms with Gasteiger partial charge in [0.25, 0.3) is 0 Å². The van der Waals surface area contributed by atoms with Gasteiger partial charge in [-0.2, -0.15) is 4.31 Å². The van der Waals surface area contributed by atoms with E-state index in [0.29, 0.717) is 11.3 Å². The summed E-state index contributed by atoms with van der Waals surface area (Å²) in [6.07, 6.45) is 1.39. The minimum Gasteiger partial charge on any atom is -0.363 e. The molecule has 2 aromatic rings. The highest BCUT2D eigenvalue weighted by atomic mass is 35.5. The molecule has 0 amide bonds. The highest BCUT2D eigenvalue weighted by molar-refractivity contribution is 7.89. The van der Waals surface area contributed by atoms with Gasteiger partial charge in [0, 0.05) is 30.5 Å². The van der Waals surface area contributed by atoms with Crippen molar-refractivity contribution in [2.75, 3.05) is 7.05 Å². The van der Waals surface area contributed by atoms with E-state index in [1.807, 2.05) is 0 Å². The number of nitrogens with one attached hydrogen (secondary N) is 1. The van der Waals surface area contributed by atoms with Crippen LogP contribution in [0.3, 0.4) is 0 Å². The molecule has 7 heteroatoms. The molecule has 0 saturated heterocycles. The molecule has 0 aliphatic carbocycles. The SMILES string of the molecule is CC(c1ccccc1F)N(C)S(=O)(=O)c1c[nH]c(CCl)c1. The molecule has 114 valence electrons. The Morgan fingerprint density at radius 1 is 1.38 bits per heavy atom. The van der Waals surface area contributed by atoms with Crippen LogP contribution in [-0.2, 0) is 15.9 Å². The van der Waals surface area contributed by atoms with Crippen molar-refractivity contribution >= 4 is 21.6 Å². The Kier molecular flexibility index (Phi) is 4.70. The van der Waals surface area contributed by atoms with Gasteiger partial charge in [0.05, 0.1) is 10.8 Å². The third kappa shape index (κ3) is 3.12. The topological polar surface area (TPSA) is 53.2 Å². The van der Waals surface area contributed by atoms with Gasteiger partial charge >= 0.3 is 0 Å². The van der Waals surface area contributed by atoms with Crippen LogP contribution in [0.4, 0.5) is 4.39 Å². The van der Waals surface area contributed by atoms with E-state index in [4.69, 9.17) is 11.6 Å². The molecule has 0 saturated carbocycles. The summed E-state index contributed by atoms with van der Waals surface area (Å²) in [5, 5.41) is 0. The van der Waals surface area contributed by atoms with Gasteiger partial charge in [0.2, 0.25) is 10.0 Å². The molecule has 1 aromatic heterocycles. The first-order chi connectivity index (χ1) is 9.87. The lowest BCUT2D eigenvalue weighted by Crippen LogP contribution is -2.30. The minimum atomic E-state index is -3.72. The summed E-state index contributed by atoms with van der Waals surface area (Å²) in [5.41, 5.74) is 0.943. The number of aromatic amines is 1. The largest absolute Gasteiger partial charge is 0.363 e. The average Bonchev–Trinajstić information content (AvgIpc) is 2.96. The molecular weight excluding hydrogens is 315 g/mol. The zero-order valence-corrected chi connectivity index (χ0v) is 13.2. The fourth-order valence-corrected chi connectivity index (χ4v) is 3.54. The number of benzene rings is 1. The number of halogens is 2. The fourth-order valence-electron chi connectivity index (χ4n) is 2.03. The number of H-pyrrole nitrogens is 1.